The average Bonchev–Trinajstić information content (AvgIpc) is 3.23. The molecular weight excluding hydrogens is 326 g/mol. The Labute approximate surface area is 143 Å². The fourth-order valence-corrected chi connectivity index (χ4v) is 2.91. The summed E-state index contributed by atoms with van der Waals surface area (Å²) in [7, 11) is 0. The Morgan fingerprint density at radius 1 is 1.29 bits per heavy atom. The third-order valence-electron chi connectivity index (χ3n) is 3.39. The molecule has 0 radical (unpaired) electrons. The van der Waals surface area contributed by atoms with E-state index in [0.717, 1.165) is 17.0 Å². The minimum atomic E-state index is -0.476. The molecule has 3 aromatic rings. The van der Waals surface area contributed by atoms with Crippen molar-refractivity contribution in [1.29, 1.82) is 0 Å². The van der Waals surface area contributed by atoms with Gasteiger partial charge in [0.25, 0.3) is 0 Å². The minimum absolute atomic E-state index is 0.0310. The number of nitrogens with zero attached hydrogens (tertiary/aromatic N) is 5. The van der Waals surface area contributed by atoms with Gasteiger partial charge < -0.3 is 4.74 Å². The van der Waals surface area contributed by atoms with Crippen LogP contribution in [0.25, 0.3) is 10.6 Å². The van der Waals surface area contributed by atoms with E-state index in [2.05, 4.69) is 20.5 Å². The molecule has 7 nitrogen and oxygen atoms in total. The molecule has 0 aliphatic carbocycles. The molecule has 0 fully saturated rings. The number of rotatable bonds is 6. The molecule has 124 valence electrons. The summed E-state index contributed by atoms with van der Waals surface area (Å²) in [5, 5.41) is 13.8. The molecule has 0 spiro atoms. The van der Waals surface area contributed by atoms with Crippen LogP contribution in [0.5, 0.6) is 0 Å². The van der Waals surface area contributed by atoms with Crippen molar-refractivity contribution in [3.63, 3.8) is 0 Å². The molecule has 24 heavy (non-hydrogen) atoms. The quantitative estimate of drug-likeness (QED) is 0.640. The Bertz CT molecular complexity index is 825. The summed E-state index contributed by atoms with van der Waals surface area (Å²) in [6.45, 7) is 4.78. The van der Waals surface area contributed by atoms with E-state index >= 15 is 0 Å². The highest BCUT2D eigenvalue weighted by molar-refractivity contribution is 7.13. The van der Waals surface area contributed by atoms with Gasteiger partial charge in [0, 0.05) is 17.5 Å². The molecule has 0 aliphatic heterocycles. The van der Waals surface area contributed by atoms with Gasteiger partial charge in [0.2, 0.25) is 0 Å². The number of hydrogen-bond donors (Lipinski definition) is 0. The number of esters is 1. The van der Waals surface area contributed by atoms with Crippen molar-refractivity contribution in [1.82, 2.24) is 25.2 Å². The smallest absolute Gasteiger partial charge is 0.358 e. The normalized spacial score (nSPS) is 10.8. The SMILES string of the molecule is CCCn1nnnc1COC(=O)c1csc(-c2ccc(C)cc2)n1. The van der Waals surface area contributed by atoms with Crippen molar-refractivity contribution in [3.05, 3.63) is 46.7 Å². The number of benzene rings is 1. The Balaban J connectivity index is 1.65. The summed E-state index contributed by atoms with van der Waals surface area (Å²) < 4.78 is 6.90. The number of thiazole rings is 1. The average molecular weight is 343 g/mol. The zero-order valence-corrected chi connectivity index (χ0v) is 14.3. The summed E-state index contributed by atoms with van der Waals surface area (Å²) in [6, 6.07) is 8.01. The fourth-order valence-electron chi connectivity index (χ4n) is 2.11. The molecule has 0 aliphatic rings. The van der Waals surface area contributed by atoms with E-state index in [1.165, 1.54) is 16.9 Å². The Morgan fingerprint density at radius 3 is 2.83 bits per heavy atom. The second kappa shape index (κ2) is 7.31. The van der Waals surface area contributed by atoms with Crippen molar-refractivity contribution in [2.75, 3.05) is 0 Å². The Hall–Kier alpha value is -2.61. The molecule has 0 saturated carbocycles. The standard InChI is InChI=1S/C16H17N5O2S/c1-3-8-21-14(18-19-20-21)9-23-16(22)13-10-24-15(17-13)12-6-4-11(2)5-7-12/h4-7,10H,3,8-9H2,1-2H3. The summed E-state index contributed by atoms with van der Waals surface area (Å²) in [5.41, 5.74) is 2.46. The molecule has 2 aromatic heterocycles. The minimum Gasteiger partial charge on any atom is -0.453 e. The van der Waals surface area contributed by atoms with E-state index in [1.807, 2.05) is 38.1 Å². The summed E-state index contributed by atoms with van der Waals surface area (Å²) >= 11 is 1.41. The maximum atomic E-state index is 12.2. The lowest BCUT2D eigenvalue weighted by Gasteiger charge is -2.03. The summed E-state index contributed by atoms with van der Waals surface area (Å²) in [4.78, 5) is 16.5. The molecule has 0 N–H and O–H groups in total. The maximum Gasteiger partial charge on any atom is 0.358 e. The first-order valence-corrected chi connectivity index (χ1v) is 8.50. The van der Waals surface area contributed by atoms with Gasteiger partial charge in [-0.05, 0) is 23.8 Å². The predicted molar refractivity (Wildman–Crippen MR) is 89.5 cm³/mol. The van der Waals surface area contributed by atoms with Gasteiger partial charge in [0.05, 0.1) is 0 Å². The van der Waals surface area contributed by atoms with Crippen LogP contribution in [0.2, 0.25) is 0 Å². The highest BCUT2D eigenvalue weighted by atomic mass is 32.1. The van der Waals surface area contributed by atoms with Crippen molar-refractivity contribution in [3.8, 4) is 10.6 Å². The molecule has 8 heteroatoms. The van der Waals surface area contributed by atoms with Gasteiger partial charge in [-0.15, -0.1) is 16.4 Å². The van der Waals surface area contributed by atoms with Gasteiger partial charge >= 0.3 is 5.97 Å². The number of carbonyl (C=O) groups is 1. The molecule has 0 saturated heterocycles. The summed E-state index contributed by atoms with van der Waals surface area (Å²) in [5.74, 6) is 0.0508. The second-order valence-electron chi connectivity index (χ2n) is 5.30. The number of hydrogen-bond acceptors (Lipinski definition) is 7. The molecule has 2 heterocycles. The van der Waals surface area contributed by atoms with E-state index < -0.39 is 5.97 Å². The van der Waals surface area contributed by atoms with Crippen LogP contribution in [0.15, 0.2) is 29.6 Å². The lowest BCUT2D eigenvalue weighted by molar-refractivity contribution is 0.0450. The van der Waals surface area contributed by atoms with Crippen molar-refractivity contribution < 1.29 is 9.53 Å². The van der Waals surface area contributed by atoms with Gasteiger partial charge in [0.15, 0.2) is 18.1 Å². The number of ether oxygens (including phenoxy) is 1. The highest BCUT2D eigenvalue weighted by Crippen LogP contribution is 2.24. The number of carbonyl (C=O) groups excluding carboxylic acids is 1. The van der Waals surface area contributed by atoms with E-state index in [0.29, 0.717) is 18.1 Å². The number of tetrazole rings is 1. The van der Waals surface area contributed by atoms with Crippen LogP contribution in [0.3, 0.4) is 0 Å². The lowest BCUT2D eigenvalue weighted by Crippen LogP contribution is -2.11. The zero-order valence-electron chi connectivity index (χ0n) is 13.5. The third kappa shape index (κ3) is 3.65. The molecule has 3 rings (SSSR count). The predicted octanol–water partition coefficient (Wildman–Crippen LogP) is 2.87. The van der Waals surface area contributed by atoms with Crippen molar-refractivity contribution in [2.45, 2.75) is 33.4 Å². The van der Waals surface area contributed by atoms with Gasteiger partial charge in [-0.25, -0.2) is 14.5 Å². The van der Waals surface area contributed by atoms with E-state index in [9.17, 15) is 4.79 Å². The van der Waals surface area contributed by atoms with Crippen LogP contribution in [0.1, 0.15) is 35.2 Å². The van der Waals surface area contributed by atoms with Gasteiger partial charge in [-0.2, -0.15) is 0 Å². The van der Waals surface area contributed by atoms with Crippen LogP contribution in [-0.4, -0.2) is 31.2 Å². The molecule has 0 bridgehead atoms. The van der Waals surface area contributed by atoms with E-state index in [1.54, 1.807) is 10.1 Å². The molecule has 1 aromatic carbocycles. The number of aromatic nitrogens is 5. The first-order valence-electron chi connectivity index (χ1n) is 7.62. The Kier molecular flexibility index (Phi) is 4.95. The molecule has 0 atom stereocenters. The van der Waals surface area contributed by atoms with E-state index in [-0.39, 0.29) is 6.61 Å². The van der Waals surface area contributed by atoms with Crippen LogP contribution in [0.4, 0.5) is 0 Å². The van der Waals surface area contributed by atoms with Crippen LogP contribution >= 0.6 is 11.3 Å². The second-order valence-corrected chi connectivity index (χ2v) is 6.16. The largest absolute Gasteiger partial charge is 0.453 e. The van der Waals surface area contributed by atoms with Gasteiger partial charge in [-0.1, -0.05) is 36.8 Å². The topological polar surface area (TPSA) is 82.8 Å². The first-order chi connectivity index (χ1) is 11.7. The van der Waals surface area contributed by atoms with Crippen LogP contribution < -0.4 is 0 Å². The fraction of sp³-hybridized carbons (Fsp3) is 0.312. The maximum absolute atomic E-state index is 12.2. The number of aryl methyl sites for hydroxylation is 2. The van der Waals surface area contributed by atoms with Gasteiger partial charge in [0.1, 0.15) is 5.01 Å². The third-order valence-corrected chi connectivity index (χ3v) is 4.28. The van der Waals surface area contributed by atoms with Gasteiger partial charge in [-0.3, -0.25) is 0 Å². The monoisotopic (exact) mass is 343 g/mol. The van der Waals surface area contributed by atoms with Crippen LogP contribution in [0, 0.1) is 6.92 Å². The van der Waals surface area contributed by atoms with Crippen molar-refractivity contribution in [2.24, 2.45) is 0 Å². The Morgan fingerprint density at radius 2 is 2.08 bits per heavy atom. The first kappa shape index (κ1) is 16.3. The van der Waals surface area contributed by atoms with Crippen molar-refractivity contribution >= 4 is 17.3 Å². The molecular formula is C16H17N5O2S. The van der Waals surface area contributed by atoms with Crippen LogP contribution in [-0.2, 0) is 17.9 Å². The zero-order chi connectivity index (χ0) is 16.9. The lowest BCUT2D eigenvalue weighted by atomic mass is 10.2. The van der Waals surface area contributed by atoms with E-state index in [4.69, 9.17) is 4.74 Å². The highest BCUT2D eigenvalue weighted by Gasteiger charge is 2.15. The summed E-state index contributed by atoms with van der Waals surface area (Å²) in [6.07, 6.45) is 0.901. The molecule has 0 unspecified atom stereocenters. The molecule has 0 amide bonds.